The molecule has 1 heterocycles. The lowest BCUT2D eigenvalue weighted by Crippen LogP contribution is -2.28. The first-order chi connectivity index (χ1) is 7.86. The minimum absolute atomic E-state index is 0.156. The molecule has 1 unspecified atom stereocenters. The Morgan fingerprint density at radius 3 is 2.56 bits per heavy atom. The van der Waals surface area contributed by atoms with E-state index in [0.29, 0.717) is 0 Å². The van der Waals surface area contributed by atoms with Crippen LogP contribution in [0.5, 0.6) is 0 Å². The molecule has 2 aliphatic rings. The molecule has 0 aromatic heterocycles. The Morgan fingerprint density at radius 2 is 1.94 bits per heavy atom. The molecule has 0 saturated heterocycles. The normalized spacial score (nSPS) is 25.4. The van der Waals surface area contributed by atoms with E-state index in [1.54, 1.807) is 0 Å². The summed E-state index contributed by atoms with van der Waals surface area (Å²) in [5, 5.41) is 0. The van der Waals surface area contributed by atoms with Crippen molar-refractivity contribution in [2.24, 2.45) is 11.7 Å². The van der Waals surface area contributed by atoms with Crippen LogP contribution in [0.25, 0.3) is 0 Å². The van der Waals surface area contributed by atoms with Crippen LogP contribution in [-0.4, -0.2) is 12.6 Å². The average Bonchev–Trinajstić information content (AvgIpc) is 2.59. The van der Waals surface area contributed by atoms with Crippen LogP contribution in [0.1, 0.15) is 57.8 Å². The van der Waals surface area contributed by atoms with Crippen molar-refractivity contribution in [1.82, 2.24) is 0 Å². The van der Waals surface area contributed by atoms with Gasteiger partial charge in [0, 0.05) is 0 Å². The van der Waals surface area contributed by atoms with Crippen LogP contribution < -0.4 is 5.73 Å². The largest absolute Gasteiger partial charge is 0.497 e. The number of hydrogen-bond donors (Lipinski definition) is 1. The van der Waals surface area contributed by atoms with Gasteiger partial charge in [-0.1, -0.05) is 38.5 Å². The molecule has 16 heavy (non-hydrogen) atoms. The van der Waals surface area contributed by atoms with E-state index in [2.05, 4.69) is 6.08 Å². The van der Waals surface area contributed by atoms with Crippen molar-refractivity contribution >= 4 is 0 Å². The van der Waals surface area contributed by atoms with E-state index in [-0.39, 0.29) is 6.04 Å². The summed E-state index contributed by atoms with van der Waals surface area (Å²) in [6, 6.07) is 0.156. The fourth-order valence-corrected chi connectivity index (χ4v) is 2.91. The number of nitrogens with two attached hydrogens (primary N) is 1. The van der Waals surface area contributed by atoms with Crippen molar-refractivity contribution in [2.75, 3.05) is 6.61 Å². The number of rotatable bonds is 3. The summed E-state index contributed by atoms with van der Waals surface area (Å²) < 4.78 is 5.65. The highest BCUT2D eigenvalue weighted by molar-refractivity contribution is 5.04. The van der Waals surface area contributed by atoms with E-state index < -0.39 is 0 Å². The van der Waals surface area contributed by atoms with Gasteiger partial charge in [0.05, 0.1) is 12.6 Å². The quantitative estimate of drug-likeness (QED) is 0.744. The van der Waals surface area contributed by atoms with Crippen molar-refractivity contribution < 1.29 is 4.74 Å². The van der Waals surface area contributed by atoms with Gasteiger partial charge in [0.1, 0.15) is 5.76 Å². The minimum Gasteiger partial charge on any atom is -0.497 e. The lowest BCUT2D eigenvalue weighted by atomic mass is 9.91. The maximum atomic E-state index is 6.24. The number of hydrogen-bond acceptors (Lipinski definition) is 2. The van der Waals surface area contributed by atoms with Crippen LogP contribution >= 0.6 is 0 Å². The van der Waals surface area contributed by atoms with Gasteiger partial charge in [-0.15, -0.1) is 0 Å². The summed E-state index contributed by atoms with van der Waals surface area (Å²) in [5.41, 5.74) is 6.24. The second-order valence-electron chi connectivity index (χ2n) is 5.30. The summed E-state index contributed by atoms with van der Waals surface area (Å²) in [6.45, 7) is 0.865. The van der Waals surface area contributed by atoms with Gasteiger partial charge >= 0.3 is 0 Å². The topological polar surface area (TPSA) is 35.2 Å². The van der Waals surface area contributed by atoms with Crippen molar-refractivity contribution in [2.45, 2.75) is 63.8 Å². The maximum absolute atomic E-state index is 6.24. The Bertz CT molecular complexity index is 229. The van der Waals surface area contributed by atoms with Crippen LogP contribution in [-0.2, 0) is 4.74 Å². The molecular weight excluding hydrogens is 198 g/mol. The predicted molar refractivity (Wildman–Crippen MR) is 67.1 cm³/mol. The molecule has 0 spiro atoms. The summed E-state index contributed by atoms with van der Waals surface area (Å²) in [4.78, 5) is 0. The third kappa shape index (κ3) is 3.51. The third-order valence-corrected chi connectivity index (χ3v) is 3.89. The molecule has 1 atom stereocenters. The molecule has 0 amide bonds. The number of ether oxygens (including phenoxy) is 1. The van der Waals surface area contributed by atoms with Crippen LogP contribution in [0.3, 0.4) is 0 Å². The molecule has 0 radical (unpaired) electrons. The second-order valence-corrected chi connectivity index (χ2v) is 5.30. The summed E-state index contributed by atoms with van der Waals surface area (Å²) >= 11 is 0. The molecule has 0 bridgehead atoms. The molecule has 1 saturated carbocycles. The van der Waals surface area contributed by atoms with Gasteiger partial charge in [-0.3, -0.25) is 0 Å². The maximum Gasteiger partial charge on any atom is 0.109 e. The van der Waals surface area contributed by atoms with Crippen LogP contribution in [0, 0.1) is 5.92 Å². The summed E-state index contributed by atoms with van der Waals surface area (Å²) in [5.74, 6) is 1.90. The Morgan fingerprint density at radius 1 is 1.19 bits per heavy atom. The highest BCUT2D eigenvalue weighted by atomic mass is 16.5. The predicted octanol–water partition coefficient (Wildman–Crippen LogP) is 3.37. The monoisotopic (exact) mass is 223 g/mol. The molecule has 1 aliphatic heterocycles. The minimum atomic E-state index is 0.156. The SMILES string of the molecule is NC(CC1CCCCCC1)C1=CCCCO1. The van der Waals surface area contributed by atoms with E-state index in [1.165, 1.54) is 38.5 Å². The van der Waals surface area contributed by atoms with Crippen molar-refractivity contribution in [3.8, 4) is 0 Å². The van der Waals surface area contributed by atoms with E-state index in [4.69, 9.17) is 10.5 Å². The Labute approximate surface area is 99.2 Å². The molecular formula is C14H25NO. The average molecular weight is 223 g/mol. The molecule has 0 aromatic carbocycles. The van der Waals surface area contributed by atoms with Crippen molar-refractivity contribution in [3.63, 3.8) is 0 Å². The van der Waals surface area contributed by atoms with Crippen molar-refractivity contribution in [3.05, 3.63) is 11.8 Å². The molecule has 2 heteroatoms. The molecule has 1 fully saturated rings. The Hall–Kier alpha value is -0.500. The van der Waals surface area contributed by atoms with E-state index in [9.17, 15) is 0 Å². The highest BCUT2D eigenvalue weighted by Gasteiger charge is 2.20. The molecule has 2 nitrogen and oxygen atoms in total. The fourth-order valence-electron chi connectivity index (χ4n) is 2.91. The van der Waals surface area contributed by atoms with Gasteiger partial charge < -0.3 is 10.5 Å². The lowest BCUT2D eigenvalue weighted by Gasteiger charge is -2.24. The van der Waals surface area contributed by atoms with Gasteiger partial charge in [-0.05, 0) is 31.3 Å². The smallest absolute Gasteiger partial charge is 0.109 e. The first-order valence-electron chi connectivity index (χ1n) is 6.94. The zero-order chi connectivity index (χ0) is 11.2. The van der Waals surface area contributed by atoms with Gasteiger partial charge in [0.2, 0.25) is 0 Å². The van der Waals surface area contributed by atoms with Gasteiger partial charge in [0.15, 0.2) is 0 Å². The molecule has 92 valence electrons. The number of allylic oxidation sites excluding steroid dienone is 1. The van der Waals surface area contributed by atoms with Crippen LogP contribution in [0.15, 0.2) is 11.8 Å². The standard InChI is InChI=1S/C14H25NO/c15-13(14-9-5-6-10-16-14)11-12-7-3-1-2-4-8-12/h9,12-13H,1-8,10-11,15H2. The zero-order valence-corrected chi connectivity index (χ0v) is 10.3. The summed E-state index contributed by atoms with van der Waals surface area (Å²) in [6.07, 6.45) is 14.0. The van der Waals surface area contributed by atoms with Gasteiger partial charge in [-0.2, -0.15) is 0 Å². The van der Waals surface area contributed by atoms with Gasteiger partial charge in [-0.25, -0.2) is 0 Å². The van der Waals surface area contributed by atoms with E-state index in [0.717, 1.165) is 37.5 Å². The van der Waals surface area contributed by atoms with E-state index >= 15 is 0 Å². The van der Waals surface area contributed by atoms with Crippen molar-refractivity contribution in [1.29, 1.82) is 0 Å². The van der Waals surface area contributed by atoms with E-state index in [1.807, 2.05) is 0 Å². The highest BCUT2D eigenvalue weighted by Crippen LogP contribution is 2.28. The Kier molecular flexibility index (Phi) is 4.70. The summed E-state index contributed by atoms with van der Waals surface area (Å²) in [7, 11) is 0. The molecule has 2 rings (SSSR count). The first-order valence-corrected chi connectivity index (χ1v) is 6.94. The Balaban J connectivity index is 1.80. The zero-order valence-electron chi connectivity index (χ0n) is 10.3. The third-order valence-electron chi connectivity index (χ3n) is 3.89. The van der Waals surface area contributed by atoms with Crippen LogP contribution in [0.2, 0.25) is 0 Å². The molecule has 0 aromatic rings. The molecule has 1 aliphatic carbocycles. The first kappa shape index (κ1) is 12.0. The fraction of sp³-hybridized carbons (Fsp3) is 0.857. The molecule has 2 N–H and O–H groups in total. The van der Waals surface area contributed by atoms with Gasteiger partial charge in [0.25, 0.3) is 0 Å². The van der Waals surface area contributed by atoms with Crippen LogP contribution in [0.4, 0.5) is 0 Å². The lowest BCUT2D eigenvalue weighted by molar-refractivity contribution is 0.168. The second kappa shape index (κ2) is 6.29.